The molecule has 0 bridgehead atoms. The van der Waals surface area contributed by atoms with Gasteiger partial charge >= 0.3 is 0 Å². The summed E-state index contributed by atoms with van der Waals surface area (Å²) in [4.78, 5) is 14.8. The van der Waals surface area contributed by atoms with Gasteiger partial charge in [0.15, 0.2) is 11.5 Å². The number of hydrogen-bond donors (Lipinski definition) is 1. The van der Waals surface area contributed by atoms with E-state index in [1.165, 1.54) is 0 Å². The SMILES string of the molecule is CCCCOc1ccc(C(=O)N2C[C@H]3CNC[C@H]3C2)cc1OCC. The van der Waals surface area contributed by atoms with Gasteiger partial charge in [-0.2, -0.15) is 0 Å². The Balaban J connectivity index is 1.70. The zero-order chi connectivity index (χ0) is 16.9. The summed E-state index contributed by atoms with van der Waals surface area (Å²) in [7, 11) is 0. The first kappa shape index (κ1) is 17.1. The summed E-state index contributed by atoms with van der Waals surface area (Å²) in [6, 6.07) is 5.56. The third-order valence-electron chi connectivity index (χ3n) is 4.92. The summed E-state index contributed by atoms with van der Waals surface area (Å²) >= 11 is 0. The molecule has 1 N–H and O–H groups in total. The third-order valence-corrected chi connectivity index (χ3v) is 4.92. The van der Waals surface area contributed by atoms with Crippen molar-refractivity contribution in [1.29, 1.82) is 0 Å². The molecule has 2 heterocycles. The number of likely N-dealkylation sites (tertiary alicyclic amines) is 1. The predicted molar refractivity (Wildman–Crippen MR) is 93.8 cm³/mol. The molecule has 1 aromatic rings. The minimum Gasteiger partial charge on any atom is -0.490 e. The highest BCUT2D eigenvalue weighted by molar-refractivity contribution is 5.95. The van der Waals surface area contributed by atoms with Crippen LogP contribution in [0.15, 0.2) is 18.2 Å². The van der Waals surface area contributed by atoms with Crippen molar-refractivity contribution in [2.24, 2.45) is 11.8 Å². The molecule has 2 atom stereocenters. The van der Waals surface area contributed by atoms with Crippen molar-refractivity contribution < 1.29 is 14.3 Å². The molecule has 2 fully saturated rings. The lowest BCUT2D eigenvalue weighted by molar-refractivity contribution is 0.0781. The van der Waals surface area contributed by atoms with Gasteiger partial charge in [0.05, 0.1) is 13.2 Å². The van der Waals surface area contributed by atoms with Crippen LogP contribution in [0.1, 0.15) is 37.0 Å². The van der Waals surface area contributed by atoms with Crippen molar-refractivity contribution in [3.05, 3.63) is 23.8 Å². The summed E-state index contributed by atoms with van der Waals surface area (Å²) in [6.45, 7) is 9.08. The summed E-state index contributed by atoms with van der Waals surface area (Å²) in [6.07, 6.45) is 2.10. The van der Waals surface area contributed by atoms with Crippen LogP contribution in [0.2, 0.25) is 0 Å². The van der Waals surface area contributed by atoms with Crippen molar-refractivity contribution in [1.82, 2.24) is 10.2 Å². The first-order valence-electron chi connectivity index (χ1n) is 9.12. The largest absolute Gasteiger partial charge is 0.490 e. The fourth-order valence-corrected chi connectivity index (χ4v) is 3.56. The second-order valence-electron chi connectivity index (χ2n) is 6.69. The van der Waals surface area contributed by atoms with Crippen LogP contribution in [-0.4, -0.2) is 50.2 Å². The lowest BCUT2D eigenvalue weighted by Gasteiger charge is -2.19. The maximum absolute atomic E-state index is 12.8. The zero-order valence-corrected chi connectivity index (χ0v) is 14.7. The highest BCUT2D eigenvalue weighted by atomic mass is 16.5. The second kappa shape index (κ2) is 7.88. The molecule has 24 heavy (non-hydrogen) atoms. The Bertz CT molecular complexity index is 564. The molecule has 1 amide bonds. The van der Waals surface area contributed by atoms with Crippen LogP contribution in [0.25, 0.3) is 0 Å². The molecular weight excluding hydrogens is 304 g/mol. The van der Waals surface area contributed by atoms with Gasteiger partial charge in [0, 0.05) is 31.7 Å². The normalized spacial score (nSPS) is 22.5. The van der Waals surface area contributed by atoms with E-state index in [0.717, 1.165) is 44.8 Å². The monoisotopic (exact) mass is 332 g/mol. The van der Waals surface area contributed by atoms with E-state index in [1.54, 1.807) is 0 Å². The quantitative estimate of drug-likeness (QED) is 0.780. The lowest BCUT2D eigenvalue weighted by Crippen LogP contribution is -2.31. The van der Waals surface area contributed by atoms with Crippen molar-refractivity contribution in [2.75, 3.05) is 39.4 Å². The van der Waals surface area contributed by atoms with E-state index in [4.69, 9.17) is 9.47 Å². The van der Waals surface area contributed by atoms with E-state index in [9.17, 15) is 4.79 Å². The van der Waals surface area contributed by atoms with Gasteiger partial charge in [-0.3, -0.25) is 4.79 Å². The molecule has 5 heteroatoms. The molecule has 3 rings (SSSR count). The predicted octanol–water partition coefficient (Wildman–Crippen LogP) is 2.56. The minimum absolute atomic E-state index is 0.102. The van der Waals surface area contributed by atoms with Crippen LogP contribution in [0, 0.1) is 11.8 Å². The molecule has 0 unspecified atom stereocenters. The van der Waals surface area contributed by atoms with E-state index in [-0.39, 0.29) is 5.91 Å². The number of carbonyl (C=O) groups excluding carboxylic acids is 1. The number of unbranched alkanes of at least 4 members (excludes halogenated alkanes) is 1. The smallest absolute Gasteiger partial charge is 0.254 e. The fraction of sp³-hybridized carbons (Fsp3) is 0.632. The van der Waals surface area contributed by atoms with Crippen molar-refractivity contribution in [3.8, 4) is 11.5 Å². The first-order valence-corrected chi connectivity index (χ1v) is 9.12. The number of fused-ring (bicyclic) bond motifs is 1. The first-order chi connectivity index (χ1) is 11.7. The van der Waals surface area contributed by atoms with Gasteiger partial charge < -0.3 is 19.7 Å². The highest BCUT2D eigenvalue weighted by Gasteiger charge is 2.38. The molecule has 132 valence electrons. The van der Waals surface area contributed by atoms with Crippen LogP contribution in [0.4, 0.5) is 0 Å². The molecule has 0 saturated carbocycles. The summed E-state index contributed by atoms with van der Waals surface area (Å²) in [5.74, 6) is 2.71. The molecule has 5 nitrogen and oxygen atoms in total. The number of amides is 1. The Morgan fingerprint density at radius 2 is 1.92 bits per heavy atom. The standard InChI is InChI=1S/C19H28N2O3/c1-3-5-8-24-17-7-6-14(9-18(17)23-4-2)19(22)21-12-15-10-20-11-16(15)13-21/h6-7,9,15-16,20H,3-5,8,10-13H2,1-2H3/t15-,16+. The van der Waals surface area contributed by atoms with E-state index >= 15 is 0 Å². The number of benzene rings is 1. The Labute approximate surface area is 144 Å². The van der Waals surface area contributed by atoms with Crippen molar-refractivity contribution in [3.63, 3.8) is 0 Å². The van der Waals surface area contributed by atoms with Gasteiger partial charge in [-0.25, -0.2) is 0 Å². The van der Waals surface area contributed by atoms with Gasteiger partial charge in [-0.1, -0.05) is 13.3 Å². The van der Waals surface area contributed by atoms with Gasteiger partial charge in [-0.15, -0.1) is 0 Å². The fourth-order valence-electron chi connectivity index (χ4n) is 3.56. The maximum atomic E-state index is 12.8. The molecule has 1 aromatic carbocycles. The Hall–Kier alpha value is -1.75. The third kappa shape index (κ3) is 3.66. The van der Waals surface area contributed by atoms with Crippen LogP contribution in [0.5, 0.6) is 11.5 Å². The topological polar surface area (TPSA) is 50.8 Å². The van der Waals surface area contributed by atoms with E-state index in [0.29, 0.717) is 36.4 Å². The summed E-state index contributed by atoms with van der Waals surface area (Å²) in [5.41, 5.74) is 0.689. The van der Waals surface area contributed by atoms with Crippen LogP contribution in [0.3, 0.4) is 0 Å². The number of rotatable bonds is 7. The zero-order valence-electron chi connectivity index (χ0n) is 14.7. The Morgan fingerprint density at radius 1 is 1.17 bits per heavy atom. The van der Waals surface area contributed by atoms with Gasteiger partial charge in [0.2, 0.25) is 0 Å². The van der Waals surface area contributed by atoms with Crippen LogP contribution < -0.4 is 14.8 Å². The average Bonchev–Trinajstić information content (AvgIpc) is 3.17. The molecule has 0 radical (unpaired) electrons. The number of hydrogen-bond acceptors (Lipinski definition) is 4. The molecule has 0 aromatic heterocycles. The van der Waals surface area contributed by atoms with Crippen molar-refractivity contribution >= 4 is 5.91 Å². The van der Waals surface area contributed by atoms with E-state index in [1.807, 2.05) is 30.0 Å². The molecule has 2 aliphatic rings. The van der Waals surface area contributed by atoms with Gasteiger partial charge in [-0.05, 0) is 43.4 Å². The van der Waals surface area contributed by atoms with Crippen LogP contribution >= 0.6 is 0 Å². The number of nitrogens with one attached hydrogen (secondary N) is 1. The minimum atomic E-state index is 0.102. The highest BCUT2D eigenvalue weighted by Crippen LogP contribution is 2.31. The lowest BCUT2D eigenvalue weighted by atomic mass is 10.0. The molecule has 2 saturated heterocycles. The Kier molecular flexibility index (Phi) is 5.61. The van der Waals surface area contributed by atoms with Crippen LogP contribution in [-0.2, 0) is 0 Å². The molecule has 0 spiro atoms. The average molecular weight is 332 g/mol. The second-order valence-corrected chi connectivity index (χ2v) is 6.69. The van der Waals surface area contributed by atoms with E-state index < -0.39 is 0 Å². The number of carbonyl (C=O) groups is 1. The molecule has 0 aliphatic carbocycles. The molecule has 2 aliphatic heterocycles. The Morgan fingerprint density at radius 3 is 2.58 bits per heavy atom. The summed E-state index contributed by atoms with van der Waals surface area (Å²) in [5, 5.41) is 3.41. The number of nitrogens with zero attached hydrogens (tertiary/aromatic N) is 1. The number of ether oxygens (including phenoxy) is 2. The summed E-state index contributed by atoms with van der Waals surface area (Å²) < 4.78 is 11.5. The molecular formula is C19H28N2O3. The van der Waals surface area contributed by atoms with Crippen molar-refractivity contribution in [2.45, 2.75) is 26.7 Å². The van der Waals surface area contributed by atoms with Gasteiger partial charge in [0.1, 0.15) is 0 Å². The maximum Gasteiger partial charge on any atom is 0.254 e. The van der Waals surface area contributed by atoms with E-state index in [2.05, 4.69) is 12.2 Å². The van der Waals surface area contributed by atoms with Gasteiger partial charge in [0.25, 0.3) is 5.91 Å².